The quantitative estimate of drug-likeness (QED) is 0.918. The summed E-state index contributed by atoms with van der Waals surface area (Å²) in [5.41, 5.74) is 2.54. The number of aryl methyl sites for hydroxylation is 1. The Labute approximate surface area is 113 Å². The normalized spacial score (nSPS) is 12.8. The molecule has 1 aromatic carbocycles. The van der Waals surface area contributed by atoms with Crippen LogP contribution in [0, 0.1) is 6.92 Å². The molecule has 17 heavy (non-hydrogen) atoms. The second kappa shape index (κ2) is 4.80. The third kappa shape index (κ3) is 2.54. The number of nitrogens with zero attached hydrogens (tertiary/aromatic N) is 2. The first-order valence-corrected chi connectivity index (χ1v) is 6.36. The summed E-state index contributed by atoms with van der Waals surface area (Å²) < 4.78 is 2.57. The average molecular weight is 316 g/mol. The lowest BCUT2D eigenvalue weighted by Gasteiger charge is -2.09. The van der Waals surface area contributed by atoms with Gasteiger partial charge in [-0.15, -0.1) is 0 Å². The van der Waals surface area contributed by atoms with Crippen LogP contribution in [0.5, 0.6) is 0 Å². The molecule has 0 unspecified atom stereocenters. The predicted octanol–water partition coefficient (Wildman–Crippen LogP) is 3.65. The molecule has 5 heteroatoms. The zero-order chi connectivity index (χ0) is 12.6. The third-order valence-corrected chi connectivity index (χ3v) is 3.60. The van der Waals surface area contributed by atoms with E-state index in [9.17, 15) is 5.11 Å². The van der Waals surface area contributed by atoms with E-state index in [-0.39, 0.29) is 0 Å². The Balaban J connectivity index is 2.44. The van der Waals surface area contributed by atoms with Gasteiger partial charge in [0.15, 0.2) is 0 Å². The third-order valence-electron chi connectivity index (χ3n) is 2.54. The van der Waals surface area contributed by atoms with Gasteiger partial charge in [0.1, 0.15) is 0 Å². The van der Waals surface area contributed by atoms with Gasteiger partial charge in [-0.2, -0.15) is 5.10 Å². The molecular weight excluding hydrogens is 304 g/mol. The molecule has 1 N–H and O–H groups in total. The topological polar surface area (TPSA) is 38.0 Å². The zero-order valence-corrected chi connectivity index (χ0v) is 11.8. The van der Waals surface area contributed by atoms with Crippen molar-refractivity contribution in [2.75, 3.05) is 0 Å². The Morgan fingerprint density at radius 3 is 2.65 bits per heavy atom. The van der Waals surface area contributed by atoms with E-state index in [0.29, 0.717) is 5.02 Å². The summed E-state index contributed by atoms with van der Waals surface area (Å²) in [4.78, 5) is 0. The van der Waals surface area contributed by atoms with E-state index >= 15 is 0 Å². The van der Waals surface area contributed by atoms with Crippen molar-refractivity contribution in [3.8, 4) is 5.69 Å². The summed E-state index contributed by atoms with van der Waals surface area (Å²) in [6, 6.07) is 5.68. The van der Waals surface area contributed by atoms with Crippen molar-refractivity contribution in [2.24, 2.45) is 0 Å². The predicted molar refractivity (Wildman–Crippen MR) is 71.6 cm³/mol. The Morgan fingerprint density at radius 2 is 2.18 bits per heavy atom. The van der Waals surface area contributed by atoms with Crippen molar-refractivity contribution in [3.05, 3.63) is 45.1 Å². The Hall–Kier alpha value is -0.840. The van der Waals surface area contributed by atoms with Gasteiger partial charge in [-0.1, -0.05) is 33.6 Å². The van der Waals surface area contributed by atoms with Crippen molar-refractivity contribution in [1.29, 1.82) is 0 Å². The van der Waals surface area contributed by atoms with E-state index in [4.69, 9.17) is 11.6 Å². The van der Waals surface area contributed by atoms with Gasteiger partial charge in [0.2, 0.25) is 0 Å². The molecule has 0 spiro atoms. The summed E-state index contributed by atoms with van der Waals surface area (Å²) in [6.45, 7) is 3.59. The van der Waals surface area contributed by atoms with E-state index in [1.807, 2.05) is 25.1 Å². The standard InChI is InChI=1S/C12H12BrClN2O/c1-7-12(14)6-16(15-7)9-3-4-10(8(2)17)11(13)5-9/h3-6,8,17H,1-2H3/t8-/m1/s1. The molecule has 0 radical (unpaired) electrons. The SMILES string of the molecule is Cc1nn(-c2ccc([C@@H](C)O)c(Br)c2)cc1Cl. The smallest absolute Gasteiger partial charge is 0.0819 e. The van der Waals surface area contributed by atoms with E-state index in [0.717, 1.165) is 21.4 Å². The molecule has 3 nitrogen and oxygen atoms in total. The maximum atomic E-state index is 9.54. The highest BCUT2D eigenvalue weighted by atomic mass is 79.9. The lowest BCUT2D eigenvalue weighted by atomic mass is 10.1. The minimum absolute atomic E-state index is 0.499. The van der Waals surface area contributed by atoms with Gasteiger partial charge in [-0.05, 0) is 31.5 Å². The summed E-state index contributed by atoms with van der Waals surface area (Å²) in [5, 5.41) is 14.5. The van der Waals surface area contributed by atoms with Crippen molar-refractivity contribution < 1.29 is 5.11 Å². The summed E-state index contributed by atoms with van der Waals surface area (Å²) in [5.74, 6) is 0. The van der Waals surface area contributed by atoms with Crippen LogP contribution in [-0.2, 0) is 0 Å². The number of rotatable bonds is 2. The molecule has 90 valence electrons. The van der Waals surface area contributed by atoms with Crippen LogP contribution in [-0.4, -0.2) is 14.9 Å². The first kappa shape index (κ1) is 12.6. The fourth-order valence-corrected chi connectivity index (χ4v) is 2.40. The molecule has 0 aliphatic carbocycles. The number of benzene rings is 1. The molecule has 0 saturated heterocycles. The van der Waals surface area contributed by atoms with Crippen LogP contribution in [0.3, 0.4) is 0 Å². The molecule has 0 fully saturated rings. The van der Waals surface area contributed by atoms with Gasteiger partial charge in [0.25, 0.3) is 0 Å². The summed E-state index contributed by atoms with van der Waals surface area (Å²) in [7, 11) is 0. The number of halogens is 2. The first-order valence-electron chi connectivity index (χ1n) is 5.18. The lowest BCUT2D eigenvalue weighted by Crippen LogP contribution is -1.98. The Bertz CT molecular complexity index is 532. The van der Waals surface area contributed by atoms with Crippen LogP contribution in [0.15, 0.2) is 28.9 Å². The zero-order valence-electron chi connectivity index (χ0n) is 9.48. The fraction of sp³-hybridized carbons (Fsp3) is 0.250. The number of hydrogen-bond donors (Lipinski definition) is 1. The Kier molecular flexibility index (Phi) is 3.56. The van der Waals surface area contributed by atoms with Crippen molar-refractivity contribution >= 4 is 27.5 Å². The molecule has 2 rings (SSSR count). The van der Waals surface area contributed by atoms with Crippen LogP contribution in [0.2, 0.25) is 5.02 Å². The van der Waals surface area contributed by atoms with Gasteiger partial charge < -0.3 is 5.11 Å². The summed E-state index contributed by atoms with van der Waals surface area (Å²) in [6.07, 6.45) is 1.27. The van der Waals surface area contributed by atoms with Gasteiger partial charge in [-0.3, -0.25) is 0 Å². The van der Waals surface area contributed by atoms with Gasteiger partial charge in [0, 0.05) is 10.7 Å². The van der Waals surface area contributed by atoms with E-state index in [1.54, 1.807) is 17.8 Å². The maximum Gasteiger partial charge on any atom is 0.0819 e. The van der Waals surface area contributed by atoms with Gasteiger partial charge in [-0.25, -0.2) is 4.68 Å². The fourth-order valence-electron chi connectivity index (χ4n) is 1.57. The number of aromatic nitrogens is 2. The van der Waals surface area contributed by atoms with Crippen molar-refractivity contribution in [1.82, 2.24) is 9.78 Å². The summed E-state index contributed by atoms with van der Waals surface area (Å²) >= 11 is 9.40. The van der Waals surface area contributed by atoms with Crippen LogP contribution in [0.4, 0.5) is 0 Å². The largest absolute Gasteiger partial charge is 0.389 e. The number of aliphatic hydroxyl groups excluding tert-OH is 1. The molecule has 0 bridgehead atoms. The molecule has 1 atom stereocenters. The number of aliphatic hydroxyl groups is 1. The molecule has 1 aromatic heterocycles. The highest BCUT2D eigenvalue weighted by Crippen LogP contribution is 2.26. The average Bonchev–Trinajstić information content (AvgIpc) is 2.58. The first-order chi connectivity index (χ1) is 7.99. The van der Waals surface area contributed by atoms with Crippen LogP contribution in [0.1, 0.15) is 24.3 Å². The van der Waals surface area contributed by atoms with E-state index < -0.39 is 6.10 Å². The van der Waals surface area contributed by atoms with Crippen molar-refractivity contribution in [3.63, 3.8) is 0 Å². The molecule has 2 aromatic rings. The molecule has 1 heterocycles. The highest BCUT2D eigenvalue weighted by molar-refractivity contribution is 9.10. The second-order valence-corrected chi connectivity index (χ2v) is 5.15. The van der Waals surface area contributed by atoms with E-state index in [1.165, 1.54) is 0 Å². The number of hydrogen-bond acceptors (Lipinski definition) is 2. The molecule has 0 amide bonds. The maximum absolute atomic E-state index is 9.54. The molecule has 0 saturated carbocycles. The Morgan fingerprint density at radius 1 is 1.47 bits per heavy atom. The van der Waals surface area contributed by atoms with Gasteiger partial charge >= 0.3 is 0 Å². The van der Waals surface area contributed by atoms with Gasteiger partial charge in [0.05, 0.1) is 22.5 Å². The van der Waals surface area contributed by atoms with Crippen molar-refractivity contribution in [2.45, 2.75) is 20.0 Å². The highest BCUT2D eigenvalue weighted by Gasteiger charge is 2.09. The molecule has 0 aliphatic heterocycles. The minimum Gasteiger partial charge on any atom is -0.389 e. The second-order valence-electron chi connectivity index (χ2n) is 3.89. The van der Waals surface area contributed by atoms with Crippen LogP contribution >= 0.6 is 27.5 Å². The van der Waals surface area contributed by atoms with Crippen LogP contribution < -0.4 is 0 Å². The minimum atomic E-state index is -0.499. The lowest BCUT2D eigenvalue weighted by molar-refractivity contribution is 0.198. The molecular formula is C12H12BrClN2O. The monoisotopic (exact) mass is 314 g/mol. The van der Waals surface area contributed by atoms with Crippen LogP contribution in [0.25, 0.3) is 5.69 Å². The molecule has 0 aliphatic rings. The van der Waals surface area contributed by atoms with E-state index in [2.05, 4.69) is 21.0 Å².